The third kappa shape index (κ3) is 4.09. The number of nitro benzene ring substituents is 1. The molecule has 0 spiro atoms. The van der Waals surface area contributed by atoms with E-state index in [0.717, 1.165) is 13.1 Å². The van der Waals surface area contributed by atoms with Crippen molar-refractivity contribution in [3.05, 3.63) is 63.2 Å². The number of non-ortho nitro benzene ring substituents is 1. The fraction of sp³-hybridized carbons (Fsp3) is 0.391. The van der Waals surface area contributed by atoms with Crippen LogP contribution in [0.25, 0.3) is 0 Å². The third-order valence-corrected chi connectivity index (χ3v) is 6.28. The Hall–Kier alpha value is -3.66. The Morgan fingerprint density at radius 1 is 1.18 bits per heavy atom. The molecular formula is C23H25N3O7. The van der Waals surface area contributed by atoms with Crippen LogP contribution in [-0.4, -0.2) is 64.7 Å². The molecule has 2 aliphatic heterocycles. The smallest absolute Gasteiger partial charge is 0.313 e. The van der Waals surface area contributed by atoms with Crippen molar-refractivity contribution in [2.45, 2.75) is 25.8 Å². The van der Waals surface area contributed by atoms with E-state index in [4.69, 9.17) is 9.47 Å². The van der Waals surface area contributed by atoms with Gasteiger partial charge in [-0.15, -0.1) is 0 Å². The number of hydrogen-bond donors (Lipinski definition) is 1. The maximum atomic E-state index is 13.6. The number of aliphatic carboxylic acids is 1. The molecule has 0 aromatic heterocycles. The molecule has 2 aromatic rings. The van der Waals surface area contributed by atoms with E-state index in [-0.39, 0.29) is 29.5 Å². The molecule has 0 saturated carbocycles. The molecule has 2 aliphatic rings. The number of hydrogen-bond acceptors (Lipinski definition) is 7. The van der Waals surface area contributed by atoms with Gasteiger partial charge in [-0.05, 0) is 42.4 Å². The number of carboxylic acids is 1. The minimum atomic E-state index is -1.19. The van der Waals surface area contributed by atoms with Gasteiger partial charge in [0.1, 0.15) is 5.92 Å². The van der Waals surface area contributed by atoms with Gasteiger partial charge in [0.25, 0.3) is 11.6 Å². The van der Waals surface area contributed by atoms with Crippen molar-refractivity contribution in [1.29, 1.82) is 0 Å². The molecule has 2 unspecified atom stereocenters. The molecule has 174 valence electrons. The van der Waals surface area contributed by atoms with E-state index >= 15 is 0 Å². The lowest BCUT2D eigenvalue weighted by atomic mass is 9.79. The lowest BCUT2D eigenvalue weighted by Gasteiger charge is -2.41. The highest BCUT2D eigenvalue weighted by molar-refractivity contribution is 6.00. The van der Waals surface area contributed by atoms with E-state index in [0.29, 0.717) is 30.2 Å². The number of fused-ring (bicyclic) bond motifs is 2. The van der Waals surface area contributed by atoms with Crippen molar-refractivity contribution in [3.8, 4) is 11.5 Å². The Bertz CT molecular complexity index is 1100. The molecule has 10 nitrogen and oxygen atoms in total. The number of carboxylic acid groups (broad SMARTS) is 1. The Labute approximate surface area is 190 Å². The summed E-state index contributed by atoms with van der Waals surface area (Å²) in [5.74, 6) is -1.70. The maximum absolute atomic E-state index is 13.6. The highest BCUT2D eigenvalue weighted by Gasteiger charge is 2.45. The summed E-state index contributed by atoms with van der Waals surface area (Å²) in [6, 6.07) is 8.01. The predicted molar refractivity (Wildman–Crippen MR) is 118 cm³/mol. The van der Waals surface area contributed by atoms with Gasteiger partial charge in [0.15, 0.2) is 11.5 Å². The minimum Gasteiger partial charge on any atom is -0.481 e. The molecule has 0 aliphatic carbocycles. The van der Waals surface area contributed by atoms with Crippen molar-refractivity contribution in [3.63, 3.8) is 0 Å². The van der Waals surface area contributed by atoms with E-state index in [1.165, 1.54) is 18.2 Å². The van der Waals surface area contributed by atoms with Crippen molar-refractivity contribution < 1.29 is 29.1 Å². The second-order valence-corrected chi connectivity index (χ2v) is 7.93. The topological polar surface area (TPSA) is 122 Å². The van der Waals surface area contributed by atoms with Crippen LogP contribution in [0.4, 0.5) is 5.69 Å². The molecule has 0 bridgehead atoms. The summed E-state index contributed by atoms with van der Waals surface area (Å²) >= 11 is 0. The zero-order chi connectivity index (χ0) is 23.7. The summed E-state index contributed by atoms with van der Waals surface area (Å²) in [5, 5.41) is 21.6. The van der Waals surface area contributed by atoms with Gasteiger partial charge >= 0.3 is 5.97 Å². The van der Waals surface area contributed by atoms with E-state index in [2.05, 4.69) is 4.90 Å². The summed E-state index contributed by atoms with van der Waals surface area (Å²) in [5.41, 5.74) is 0.624. The van der Waals surface area contributed by atoms with E-state index in [1.807, 2.05) is 13.8 Å². The average molecular weight is 455 g/mol. The van der Waals surface area contributed by atoms with Crippen LogP contribution in [0.2, 0.25) is 0 Å². The number of rotatable bonds is 8. The van der Waals surface area contributed by atoms with E-state index in [9.17, 15) is 24.8 Å². The molecule has 0 fully saturated rings. The lowest BCUT2D eigenvalue weighted by Crippen LogP contribution is -2.47. The second-order valence-electron chi connectivity index (χ2n) is 7.93. The van der Waals surface area contributed by atoms with Gasteiger partial charge < -0.3 is 24.4 Å². The molecule has 33 heavy (non-hydrogen) atoms. The average Bonchev–Trinajstić information content (AvgIpc) is 3.27. The molecule has 2 heterocycles. The van der Waals surface area contributed by atoms with Crippen molar-refractivity contribution >= 4 is 17.6 Å². The number of benzene rings is 2. The fourth-order valence-electron chi connectivity index (χ4n) is 4.51. The molecule has 0 saturated heterocycles. The predicted octanol–water partition coefficient (Wildman–Crippen LogP) is 3.03. The largest absolute Gasteiger partial charge is 0.481 e. The van der Waals surface area contributed by atoms with Crippen LogP contribution in [0, 0.1) is 10.1 Å². The standard InChI is InChI=1S/C23H25N3O7/c1-3-24(4-2)9-10-25-21(14-5-8-18-19(11-14)33-13-32-18)20(23(28)29)17-12-15(26(30)31)6-7-16(17)22(25)27/h5-8,11-12,20-21H,3-4,9-10,13H2,1-2H3,(H,28,29). The summed E-state index contributed by atoms with van der Waals surface area (Å²) in [6.45, 7) is 6.55. The Balaban J connectivity index is 1.85. The summed E-state index contributed by atoms with van der Waals surface area (Å²) in [6.07, 6.45) is 0. The van der Waals surface area contributed by atoms with Gasteiger partial charge in [0.05, 0.1) is 11.0 Å². The van der Waals surface area contributed by atoms with Crippen molar-refractivity contribution in [1.82, 2.24) is 9.80 Å². The maximum Gasteiger partial charge on any atom is 0.313 e. The van der Waals surface area contributed by atoms with Crippen molar-refractivity contribution in [2.24, 2.45) is 0 Å². The first-order valence-corrected chi connectivity index (χ1v) is 10.8. The van der Waals surface area contributed by atoms with Gasteiger partial charge in [-0.25, -0.2) is 0 Å². The first-order valence-electron chi connectivity index (χ1n) is 10.8. The highest BCUT2D eigenvalue weighted by Crippen LogP contribution is 2.46. The highest BCUT2D eigenvalue weighted by atomic mass is 16.7. The number of nitrogens with zero attached hydrogens (tertiary/aromatic N) is 3. The number of amides is 1. The molecule has 2 aromatic carbocycles. The first kappa shape index (κ1) is 22.5. The SMILES string of the molecule is CCN(CC)CCN1C(=O)c2ccc([N+](=O)[O-])cc2C(C(=O)O)C1c1ccc2c(c1)OCO2. The molecule has 0 radical (unpaired) electrons. The molecule has 1 N–H and O–H groups in total. The van der Waals surface area contributed by atoms with E-state index < -0.39 is 22.9 Å². The van der Waals surface area contributed by atoms with Gasteiger partial charge in [-0.3, -0.25) is 19.7 Å². The van der Waals surface area contributed by atoms with Crippen LogP contribution in [0.1, 0.15) is 47.3 Å². The van der Waals surface area contributed by atoms with Gasteiger partial charge in [-0.2, -0.15) is 0 Å². The monoisotopic (exact) mass is 455 g/mol. The van der Waals surface area contributed by atoms with Gasteiger partial charge in [0.2, 0.25) is 6.79 Å². The molecular weight excluding hydrogens is 430 g/mol. The second kappa shape index (κ2) is 9.07. The number of nitro groups is 1. The van der Waals surface area contributed by atoms with E-state index in [1.54, 1.807) is 23.1 Å². The Morgan fingerprint density at radius 2 is 1.91 bits per heavy atom. The van der Waals surface area contributed by atoms with Crippen LogP contribution in [0.3, 0.4) is 0 Å². The summed E-state index contributed by atoms with van der Waals surface area (Å²) in [7, 11) is 0. The Kier molecular flexibility index (Phi) is 6.19. The van der Waals surface area contributed by atoms with Gasteiger partial charge in [-0.1, -0.05) is 19.9 Å². The Morgan fingerprint density at radius 3 is 2.58 bits per heavy atom. The summed E-state index contributed by atoms with van der Waals surface area (Å²) < 4.78 is 10.8. The number of carbonyl (C=O) groups is 2. The summed E-state index contributed by atoms with van der Waals surface area (Å²) in [4.78, 5) is 40.6. The quantitative estimate of drug-likeness (QED) is 0.476. The molecule has 4 rings (SSSR count). The fourth-order valence-corrected chi connectivity index (χ4v) is 4.51. The van der Waals surface area contributed by atoms with Crippen LogP contribution in [-0.2, 0) is 4.79 Å². The first-order chi connectivity index (χ1) is 15.8. The number of ether oxygens (including phenoxy) is 2. The molecule has 10 heteroatoms. The van der Waals surface area contributed by atoms with Crippen LogP contribution < -0.4 is 9.47 Å². The minimum absolute atomic E-state index is 0.0610. The van der Waals surface area contributed by atoms with Crippen LogP contribution >= 0.6 is 0 Å². The third-order valence-electron chi connectivity index (χ3n) is 6.28. The molecule has 2 atom stereocenters. The zero-order valence-corrected chi connectivity index (χ0v) is 18.4. The zero-order valence-electron chi connectivity index (χ0n) is 18.4. The number of likely N-dealkylation sites (N-methyl/N-ethyl adjacent to an activating group) is 1. The molecule has 1 amide bonds. The van der Waals surface area contributed by atoms with Gasteiger partial charge in [0, 0.05) is 30.8 Å². The van der Waals surface area contributed by atoms with Crippen LogP contribution in [0.15, 0.2) is 36.4 Å². The number of carbonyl (C=O) groups excluding carboxylic acids is 1. The van der Waals surface area contributed by atoms with Crippen LogP contribution in [0.5, 0.6) is 11.5 Å². The normalized spacial score (nSPS) is 19.0. The lowest BCUT2D eigenvalue weighted by molar-refractivity contribution is -0.384. The van der Waals surface area contributed by atoms with Crippen molar-refractivity contribution in [2.75, 3.05) is 33.0 Å².